The van der Waals surface area contributed by atoms with E-state index in [-0.39, 0.29) is 17.4 Å². The zero-order valence-corrected chi connectivity index (χ0v) is 11.2. The minimum Gasteiger partial charge on any atom is -0.508 e. The number of aromatic nitrogens is 2. The van der Waals surface area contributed by atoms with Gasteiger partial charge < -0.3 is 15.7 Å². The van der Waals surface area contributed by atoms with E-state index >= 15 is 0 Å². The summed E-state index contributed by atoms with van der Waals surface area (Å²) in [4.78, 5) is 14.1. The zero-order chi connectivity index (χ0) is 14.3. The highest BCUT2D eigenvalue weighted by atomic mass is 16.3. The summed E-state index contributed by atoms with van der Waals surface area (Å²) in [6.07, 6.45) is 2.39. The lowest BCUT2D eigenvalue weighted by Gasteiger charge is -2.28. The van der Waals surface area contributed by atoms with Crippen molar-refractivity contribution < 1.29 is 9.90 Å². The monoisotopic (exact) mass is 272 g/mol. The molecule has 0 spiro atoms. The number of nitrogens with zero attached hydrogens (tertiary/aromatic N) is 3. The summed E-state index contributed by atoms with van der Waals surface area (Å²) in [6.45, 7) is 1.10. The number of rotatable bonds is 1. The SMILES string of the molecule is Cn1cc(N)c(C(=O)N2CCc3ccc(O)cc3C2)n1. The van der Waals surface area contributed by atoms with E-state index in [1.165, 1.54) is 10.2 Å². The number of phenolic OH excluding ortho intramolecular Hbond substituents is 1. The Kier molecular flexibility index (Phi) is 2.85. The molecule has 3 rings (SSSR count). The van der Waals surface area contributed by atoms with E-state index < -0.39 is 0 Å². The van der Waals surface area contributed by atoms with Crippen molar-refractivity contribution in [1.82, 2.24) is 14.7 Å². The van der Waals surface area contributed by atoms with Crippen molar-refractivity contribution in [3.05, 3.63) is 41.2 Å². The highest BCUT2D eigenvalue weighted by molar-refractivity contribution is 5.97. The van der Waals surface area contributed by atoms with E-state index in [9.17, 15) is 9.90 Å². The van der Waals surface area contributed by atoms with Gasteiger partial charge in [0.15, 0.2) is 5.69 Å². The van der Waals surface area contributed by atoms with Gasteiger partial charge in [-0.2, -0.15) is 5.10 Å². The second kappa shape index (κ2) is 4.56. The Morgan fingerprint density at radius 1 is 1.40 bits per heavy atom. The molecule has 0 radical (unpaired) electrons. The molecule has 2 aromatic rings. The van der Waals surface area contributed by atoms with E-state index in [0.29, 0.717) is 18.8 Å². The number of aromatic hydroxyl groups is 1. The number of carbonyl (C=O) groups excluding carboxylic acids is 1. The van der Waals surface area contributed by atoms with E-state index in [1.54, 1.807) is 30.3 Å². The number of carbonyl (C=O) groups is 1. The van der Waals surface area contributed by atoms with Crippen LogP contribution in [0.25, 0.3) is 0 Å². The molecule has 0 atom stereocenters. The highest BCUT2D eigenvalue weighted by Gasteiger charge is 2.25. The van der Waals surface area contributed by atoms with E-state index in [2.05, 4.69) is 5.10 Å². The van der Waals surface area contributed by atoms with Gasteiger partial charge in [0.25, 0.3) is 5.91 Å². The molecule has 1 aliphatic rings. The topological polar surface area (TPSA) is 84.4 Å². The molecule has 0 bridgehead atoms. The Morgan fingerprint density at radius 2 is 2.20 bits per heavy atom. The summed E-state index contributed by atoms with van der Waals surface area (Å²) in [7, 11) is 1.73. The van der Waals surface area contributed by atoms with E-state index in [1.807, 2.05) is 6.07 Å². The maximum atomic E-state index is 12.4. The summed E-state index contributed by atoms with van der Waals surface area (Å²) in [5.74, 6) is 0.0486. The van der Waals surface area contributed by atoms with Crippen LogP contribution in [0.15, 0.2) is 24.4 Å². The van der Waals surface area contributed by atoms with E-state index in [0.717, 1.165) is 12.0 Å². The van der Waals surface area contributed by atoms with Crippen LogP contribution in [0.5, 0.6) is 5.75 Å². The number of amides is 1. The summed E-state index contributed by atoms with van der Waals surface area (Å²) in [6, 6.07) is 5.28. The van der Waals surface area contributed by atoms with Crippen LogP contribution >= 0.6 is 0 Å². The maximum absolute atomic E-state index is 12.4. The van der Waals surface area contributed by atoms with Gasteiger partial charge in [0, 0.05) is 26.3 Å². The summed E-state index contributed by atoms with van der Waals surface area (Å²) in [5, 5.41) is 13.6. The van der Waals surface area contributed by atoms with Crippen LogP contribution in [0.4, 0.5) is 5.69 Å². The Labute approximate surface area is 116 Å². The van der Waals surface area contributed by atoms with Gasteiger partial charge in [-0.15, -0.1) is 0 Å². The second-order valence-electron chi connectivity index (χ2n) is 5.04. The van der Waals surface area contributed by atoms with Crippen molar-refractivity contribution in [3.8, 4) is 5.75 Å². The Morgan fingerprint density at radius 3 is 2.90 bits per heavy atom. The van der Waals surface area contributed by atoms with Crippen LogP contribution in [0.3, 0.4) is 0 Å². The van der Waals surface area contributed by atoms with Gasteiger partial charge in [-0.1, -0.05) is 6.07 Å². The second-order valence-corrected chi connectivity index (χ2v) is 5.04. The van der Waals surface area contributed by atoms with Crippen molar-refractivity contribution in [1.29, 1.82) is 0 Å². The number of nitrogens with two attached hydrogens (primary N) is 1. The maximum Gasteiger partial charge on any atom is 0.276 e. The average molecular weight is 272 g/mol. The standard InChI is InChI=1S/C14H16N4O2/c1-17-8-12(15)13(16-17)14(20)18-5-4-9-2-3-11(19)6-10(9)7-18/h2-3,6,8,19H,4-5,7,15H2,1H3. The molecule has 6 heteroatoms. The number of benzene rings is 1. The summed E-state index contributed by atoms with van der Waals surface area (Å²) >= 11 is 0. The summed E-state index contributed by atoms with van der Waals surface area (Å²) < 4.78 is 1.53. The van der Waals surface area contributed by atoms with Crippen LogP contribution in [0.1, 0.15) is 21.6 Å². The fraction of sp³-hybridized carbons (Fsp3) is 0.286. The lowest BCUT2D eigenvalue weighted by molar-refractivity contribution is 0.0728. The van der Waals surface area contributed by atoms with Crippen molar-refractivity contribution >= 4 is 11.6 Å². The van der Waals surface area contributed by atoms with Gasteiger partial charge in [0.1, 0.15) is 5.75 Å². The van der Waals surface area contributed by atoms with Crippen LogP contribution in [-0.4, -0.2) is 32.2 Å². The molecular weight excluding hydrogens is 256 g/mol. The molecule has 2 heterocycles. The molecule has 0 saturated carbocycles. The number of phenols is 1. The predicted molar refractivity (Wildman–Crippen MR) is 74.2 cm³/mol. The zero-order valence-electron chi connectivity index (χ0n) is 11.2. The lowest BCUT2D eigenvalue weighted by atomic mass is 9.99. The minimum atomic E-state index is -0.169. The van der Waals surface area contributed by atoms with Gasteiger partial charge in [-0.3, -0.25) is 9.48 Å². The third-order valence-electron chi connectivity index (χ3n) is 3.55. The molecule has 0 unspecified atom stereocenters. The first kappa shape index (κ1) is 12.5. The van der Waals surface area contributed by atoms with Gasteiger partial charge >= 0.3 is 0 Å². The first-order valence-corrected chi connectivity index (χ1v) is 6.44. The van der Waals surface area contributed by atoms with Gasteiger partial charge in [0.05, 0.1) is 5.69 Å². The Hall–Kier alpha value is -2.50. The van der Waals surface area contributed by atoms with E-state index in [4.69, 9.17) is 5.73 Å². The molecule has 6 nitrogen and oxygen atoms in total. The third-order valence-corrected chi connectivity index (χ3v) is 3.55. The largest absolute Gasteiger partial charge is 0.508 e. The Bertz CT molecular complexity index is 678. The van der Waals surface area contributed by atoms with Gasteiger partial charge in [0.2, 0.25) is 0 Å². The van der Waals surface area contributed by atoms with Crippen LogP contribution in [0.2, 0.25) is 0 Å². The van der Waals surface area contributed by atoms with Crippen molar-refractivity contribution in [2.75, 3.05) is 12.3 Å². The number of aryl methyl sites for hydroxylation is 1. The lowest BCUT2D eigenvalue weighted by Crippen LogP contribution is -2.36. The average Bonchev–Trinajstić information content (AvgIpc) is 2.76. The molecule has 20 heavy (non-hydrogen) atoms. The number of hydrogen-bond donors (Lipinski definition) is 2. The molecular formula is C14H16N4O2. The molecule has 1 amide bonds. The number of fused-ring (bicyclic) bond motifs is 1. The van der Waals surface area contributed by atoms with Gasteiger partial charge in [-0.25, -0.2) is 0 Å². The molecule has 104 valence electrons. The summed E-state index contributed by atoms with van der Waals surface area (Å²) in [5.41, 5.74) is 8.61. The molecule has 1 aromatic carbocycles. The van der Waals surface area contributed by atoms with Crippen LogP contribution < -0.4 is 5.73 Å². The molecule has 3 N–H and O–H groups in total. The number of anilines is 1. The molecule has 1 aliphatic heterocycles. The predicted octanol–water partition coefficient (Wildman–Crippen LogP) is 0.906. The quantitative estimate of drug-likeness (QED) is 0.808. The van der Waals surface area contributed by atoms with Crippen molar-refractivity contribution in [2.45, 2.75) is 13.0 Å². The molecule has 0 aliphatic carbocycles. The minimum absolute atomic E-state index is 0.169. The smallest absolute Gasteiger partial charge is 0.276 e. The van der Waals surface area contributed by atoms with Crippen molar-refractivity contribution in [3.63, 3.8) is 0 Å². The fourth-order valence-electron chi connectivity index (χ4n) is 2.54. The highest BCUT2D eigenvalue weighted by Crippen LogP contribution is 2.24. The molecule has 0 saturated heterocycles. The van der Waals surface area contributed by atoms with Crippen LogP contribution in [0, 0.1) is 0 Å². The third kappa shape index (κ3) is 2.09. The molecule has 0 fully saturated rings. The van der Waals surface area contributed by atoms with Crippen LogP contribution in [-0.2, 0) is 20.0 Å². The molecule has 1 aromatic heterocycles. The number of hydrogen-bond acceptors (Lipinski definition) is 4. The van der Waals surface area contributed by atoms with Gasteiger partial charge in [-0.05, 0) is 29.7 Å². The van der Waals surface area contributed by atoms with Crippen molar-refractivity contribution in [2.24, 2.45) is 7.05 Å². The first-order valence-electron chi connectivity index (χ1n) is 6.44. The fourth-order valence-corrected chi connectivity index (χ4v) is 2.54. The number of nitrogen functional groups attached to an aromatic ring is 1. The Balaban J connectivity index is 1.86. The first-order chi connectivity index (χ1) is 9.54. The normalized spacial score (nSPS) is 14.2.